The fraction of sp³-hybridized carbons (Fsp3) is 0.706. The molecule has 0 saturated carbocycles. The number of aryl methyl sites for hydroxylation is 4. The van der Waals surface area contributed by atoms with E-state index in [-0.39, 0.29) is 58.7 Å². The van der Waals surface area contributed by atoms with Crippen molar-refractivity contribution >= 4 is 90.7 Å². The first-order chi connectivity index (χ1) is 36.9. The van der Waals surface area contributed by atoms with Gasteiger partial charge < -0.3 is 9.11 Å². The molecule has 0 atom stereocenters. The van der Waals surface area contributed by atoms with Crippen LogP contribution in [0.25, 0.3) is 21.5 Å². The van der Waals surface area contributed by atoms with Gasteiger partial charge in [-0.15, -0.1) is 0 Å². The second-order valence-corrected chi connectivity index (χ2v) is 25.6. The summed E-state index contributed by atoms with van der Waals surface area (Å²) < 4.78 is 69.4. The zero-order valence-electron chi connectivity index (χ0n) is 49.9. The van der Waals surface area contributed by atoms with E-state index in [9.17, 15) is 25.9 Å². The molecular weight excluding hydrogens is 1110 g/mol. The third-order valence-corrected chi connectivity index (χ3v) is 17.8. The van der Waals surface area contributed by atoms with Gasteiger partial charge in [-0.1, -0.05) is 295 Å². The second kappa shape index (κ2) is 45.3. The summed E-state index contributed by atoms with van der Waals surface area (Å²) in [5.74, 6) is 0. The smallest absolute Gasteiger partial charge is 0.744 e. The fourth-order valence-electron chi connectivity index (χ4n) is 11.4. The third-order valence-electron chi connectivity index (χ3n) is 16.1. The predicted molar refractivity (Wildman–Crippen MR) is 332 cm³/mol. The molecule has 0 amide bonds. The molecule has 0 radical (unpaired) electrons. The zero-order chi connectivity index (χ0) is 55.0. The van der Waals surface area contributed by atoms with Crippen molar-refractivity contribution in [3.8, 4) is 0 Å². The van der Waals surface area contributed by atoms with Crippen LogP contribution in [-0.2, 0) is 45.9 Å². The van der Waals surface area contributed by atoms with Crippen molar-refractivity contribution in [1.29, 1.82) is 0 Å². The molecule has 0 aliphatic heterocycles. The number of hydrogen-bond acceptors (Lipinski definition) is 6. The van der Waals surface area contributed by atoms with Crippen molar-refractivity contribution in [3.05, 3.63) is 82.9 Å². The van der Waals surface area contributed by atoms with Crippen molar-refractivity contribution in [1.82, 2.24) is 0 Å². The summed E-state index contributed by atoms with van der Waals surface area (Å²) in [6.07, 6.45) is 57.4. The summed E-state index contributed by atoms with van der Waals surface area (Å²) in [7, 11) is -8.87. The minimum atomic E-state index is -4.44. The van der Waals surface area contributed by atoms with Crippen LogP contribution in [0.15, 0.2) is 70.5 Å². The maximum absolute atomic E-state index is 11.6. The molecule has 4 aromatic rings. The first-order valence-electron chi connectivity index (χ1n) is 31.9. The average molecular weight is 1230 g/mol. The molecule has 0 fully saturated rings. The Balaban J connectivity index is 0.000000520. The maximum atomic E-state index is 11.6. The Morgan fingerprint density at radius 3 is 0.740 bits per heavy atom. The van der Waals surface area contributed by atoms with Crippen LogP contribution in [-0.4, -0.2) is 74.8 Å². The van der Waals surface area contributed by atoms with E-state index in [1.54, 1.807) is 12.1 Å². The topological polar surface area (TPSA) is 114 Å². The van der Waals surface area contributed by atoms with Crippen molar-refractivity contribution in [2.75, 3.05) is 0 Å². The Morgan fingerprint density at radius 1 is 0.286 bits per heavy atom. The minimum Gasteiger partial charge on any atom is -0.744 e. The van der Waals surface area contributed by atoms with E-state index in [0.717, 1.165) is 47.2 Å². The molecule has 4 aromatic carbocycles. The molecule has 0 heterocycles. The van der Waals surface area contributed by atoms with E-state index in [0.29, 0.717) is 0 Å². The van der Waals surface area contributed by atoms with E-state index in [4.69, 9.17) is 0 Å². The molecule has 0 spiro atoms. The van der Waals surface area contributed by atoms with E-state index >= 15 is 0 Å². The van der Waals surface area contributed by atoms with Crippen molar-refractivity contribution < 1.29 is 25.9 Å². The Kier molecular flexibility index (Phi) is 42.3. The largest absolute Gasteiger partial charge is 2.00 e. The van der Waals surface area contributed by atoms with Crippen molar-refractivity contribution in [3.63, 3.8) is 0 Å². The summed E-state index contributed by atoms with van der Waals surface area (Å²) in [4.78, 5) is -0.255. The minimum absolute atomic E-state index is 0. The fourth-order valence-corrected chi connectivity index (χ4v) is 12.4. The molecule has 4 rings (SSSR count). The Morgan fingerprint density at radius 2 is 0.506 bits per heavy atom. The molecule has 0 aromatic heterocycles. The molecular formula is C68H110BaO6S2. The monoisotopic (exact) mass is 1220 g/mol. The molecule has 0 bridgehead atoms. The van der Waals surface area contributed by atoms with Crippen LogP contribution in [0.3, 0.4) is 0 Å². The molecule has 0 saturated heterocycles. The van der Waals surface area contributed by atoms with Crippen LogP contribution in [0, 0.1) is 0 Å². The second-order valence-electron chi connectivity index (χ2n) is 22.8. The van der Waals surface area contributed by atoms with Crippen LogP contribution >= 0.6 is 0 Å². The Bertz CT molecular complexity index is 2160. The molecule has 0 aliphatic carbocycles. The van der Waals surface area contributed by atoms with Gasteiger partial charge >= 0.3 is 48.9 Å². The van der Waals surface area contributed by atoms with Gasteiger partial charge in [-0.2, -0.15) is 0 Å². The molecule has 0 aliphatic rings. The average Bonchev–Trinajstić information content (AvgIpc) is 3.43. The van der Waals surface area contributed by atoms with E-state index < -0.39 is 20.2 Å². The summed E-state index contributed by atoms with van der Waals surface area (Å²) in [6, 6.07) is 18.2. The standard InChI is InChI=1S/2C34H56O3S.Ba/c2*1-3-5-7-9-11-13-15-17-19-21-23-30-25-26-31-29-32(38(35,36)37)27-28-34(31)33(30)24-22-20-18-16-14-12-10-8-6-4-2;/h2*25-29H,3-24H2,1-2H3,(H,35,36,37);/q;;+2/p-2. The quantitative estimate of drug-likeness (QED) is 0.0247. The normalized spacial score (nSPS) is 11.8. The number of benzene rings is 4. The van der Waals surface area contributed by atoms with Gasteiger partial charge in [0.25, 0.3) is 0 Å². The third kappa shape index (κ3) is 32.3. The van der Waals surface area contributed by atoms with Gasteiger partial charge in [-0.25, -0.2) is 16.8 Å². The molecule has 6 nitrogen and oxygen atoms in total. The van der Waals surface area contributed by atoms with Crippen LogP contribution in [0.2, 0.25) is 0 Å². The molecule has 0 N–H and O–H groups in total. The SMILES string of the molecule is CCCCCCCCCCCCc1ccc2cc(S(=O)(=O)[O-])ccc2c1CCCCCCCCCCCC.CCCCCCCCCCCCc1ccc2cc(S(=O)(=O)[O-])ccc2c1CCCCCCCCCCCC.[Ba+2]. The van der Waals surface area contributed by atoms with E-state index in [1.807, 2.05) is 24.3 Å². The van der Waals surface area contributed by atoms with Crippen LogP contribution < -0.4 is 0 Å². The van der Waals surface area contributed by atoms with E-state index in [2.05, 4.69) is 39.8 Å². The van der Waals surface area contributed by atoms with Gasteiger partial charge in [-0.3, -0.25) is 0 Å². The van der Waals surface area contributed by atoms with Crippen molar-refractivity contribution in [2.45, 2.75) is 320 Å². The number of hydrogen-bond donors (Lipinski definition) is 0. The number of rotatable bonds is 46. The Labute approximate surface area is 514 Å². The van der Waals surface area contributed by atoms with Gasteiger partial charge in [0.05, 0.1) is 9.79 Å². The Hall–Kier alpha value is -1.21. The molecule has 77 heavy (non-hydrogen) atoms. The summed E-state index contributed by atoms with van der Waals surface area (Å²) in [5, 5.41) is 3.99. The summed E-state index contributed by atoms with van der Waals surface area (Å²) >= 11 is 0. The van der Waals surface area contributed by atoms with Gasteiger partial charge in [0.1, 0.15) is 20.2 Å². The summed E-state index contributed by atoms with van der Waals surface area (Å²) in [6.45, 7) is 9.07. The molecule has 432 valence electrons. The first kappa shape index (κ1) is 71.9. The van der Waals surface area contributed by atoms with Gasteiger partial charge in [0, 0.05) is 0 Å². The van der Waals surface area contributed by atoms with Gasteiger partial charge in [0.2, 0.25) is 0 Å². The number of unbranched alkanes of at least 4 members (excludes halogenated alkanes) is 36. The van der Waals surface area contributed by atoms with Crippen LogP contribution in [0.5, 0.6) is 0 Å². The van der Waals surface area contributed by atoms with Crippen molar-refractivity contribution in [2.24, 2.45) is 0 Å². The maximum Gasteiger partial charge on any atom is 2.00 e. The predicted octanol–water partition coefficient (Wildman–Crippen LogP) is 21.0. The van der Waals surface area contributed by atoms with Crippen LogP contribution in [0.4, 0.5) is 0 Å². The van der Waals surface area contributed by atoms with Gasteiger partial charge in [0.15, 0.2) is 0 Å². The zero-order valence-corrected chi connectivity index (χ0v) is 55.9. The van der Waals surface area contributed by atoms with Crippen LogP contribution in [0.1, 0.15) is 307 Å². The molecule has 0 unspecified atom stereocenters. The number of fused-ring (bicyclic) bond motifs is 2. The first-order valence-corrected chi connectivity index (χ1v) is 34.8. The summed E-state index contributed by atoms with van der Waals surface area (Å²) in [5.41, 5.74) is 5.55. The molecule has 9 heteroatoms. The van der Waals surface area contributed by atoms with E-state index in [1.165, 1.54) is 291 Å². The van der Waals surface area contributed by atoms with Gasteiger partial charge in [-0.05, 0) is 119 Å².